The molecule has 5 nitrogen and oxygen atoms in total. The van der Waals surface area contributed by atoms with Gasteiger partial charge in [0.05, 0.1) is 17.2 Å². The zero-order valence-electron chi connectivity index (χ0n) is 10.5. The number of sulfonamides is 1. The van der Waals surface area contributed by atoms with Gasteiger partial charge in [0.25, 0.3) is 0 Å². The van der Waals surface area contributed by atoms with Crippen LogP contribution in [0.15, 0.2) is 23.1 Å². The minimum absolute atomic E-state index is 0.0997. The Labute approximate surface area is 121 Å². The van der Waals surface area contributed by atoms with Crippen molar-refractivity contribution in [1.29, 1.82) is 0 Å². The highest BCUT2D eigenvalue weighted by molar-refractivity contribution is 7.89. The van der Waals surface area contributed by atoms with Crippen molar-refractivity contribution in [3.63, 3.8) is 0 Å². The first-order chi connectivity index (χ1) is 8.62. The molecule has 0 amide bonds. The van der Waals surface area contributed by atoms with E-state index in [1.54, 1.807) is 0 Å². The van der Waals surface area contributed by atoms with Crippen molar-refractivity contribution in [1.82, 2.24) is 4.72 Å². The lowest BCUT2D eigenvalue weighted by Crippen LogP contribution is -2.50. The number of hydrogen-bond donors (Lipinski definition) is 1. The number of carbonyl (C=O) groups excluding carboxylic acids is 1. The molecule has 0 radical (unpaired) electrons. The quantitative estimate of drug-likeness (QED) is 0.861. The van der Waals surface area contributed by atoms with Crippen LogP contribution in [0.5, 0.6) is 0 Å². The van der Waals surface area contributed by atoms with E-state index in [-0.39, 0.29) is 14.9 Å². The summed E-state index contributed by atoms with van der Waals surface area (Å²) in [5, 5.41) is 0.0118. The van der Waals surface area contributed by atoms with E-state index in [0.717, 1.165) is 0 Å². The molecule has 0 aliphatic heterocycles. The van der Waals surface area contributed by atoms with Crippen LogP contribution >= 0.6 is 23.2 Å². The third-order valence-corrected chi connectivity index (χ3v) is 4.92. The molecule has 0 unspecified atom stereocenters. The maximum absolute atomic E-state index is 12.2. The summed E-state index contributed by atoms with van der Waals surface area (Å²) >= 11 is 11.6. The number of nitrogens with one attached hydrogen (secondary N) is 1. The number of hydrogen-bond acceptors (Lipinski definition) is 4. The zero-order chi connectivity index (χ0) is 14.8. The molecule has 1 rings (SSSR count). The number of ether oxygens (including phenoxy) is 1. The average molecular weight is 326 g/mol. The molecule has 1 aromatic rings. The number of benzene rings is 1. The van der Waals surface area contributed by atoms with Gasteiger partial charge in [0, 0.05) is 0 Å². The summed E-state index contributed by atoms with van der Waals surface area (Å²) in [5.41, 5.74) is -1.42. The maximum atomic E-state index is 12.2. The van der Waals surface area contributed by atoms with Crippen molar-refractivity contribution < 1.29 is 17.9 Å². The molecule has 0 saturated carbocycles. The van der Waals surface area contributed by atoms with E-state index in [1.165, 1.54) is 39.2 Å². The van der Waals surface area contributed by atoms with Crippen molar-refractivity contribution >= 4 is 39.2 Å². The number of methoxy groups -OCH3 is 1. The van der Waals surface area contributed by atoms with E-state index in [1.807, 2.05) is 0 Å². The van der Waals surface area contributed by atoms with Gasteiger partial charge in [0.2, 0.25) is 10.0 Å². The van der Waals surface area contributed by atoms with Gasteiger partial charge in [-0.3, -0.25) is 4.79 Å². The number of rotatable bonds is 4. The number of carbonyl (C=O) groups is 1. The molecule has 0 aliphatic rings. The van der Waals surface area contributed by atoms with Gasteiger partial charge < -0.3 is 4.74 Å². The second kappa shape index (κ2) is 5.66. The minimum atomic E-state index is -3.99. The van der Waals surface area contributed by atoms with Crippen molar-refractivity contribution in [3.8, 4) is 0 Å². The monoisotopic (exact) mass is 325 g/mol. The first-order valence-electron chi connectivity index (χ1n) is 5.18. The summed E-state index contributed by atoms with van der Waals surface area (Å²) in [6.07, 6.45) is 0. The van der Waals surface area contributed by atoms with E-state index >= 15 is 0 Å². The van der Waals surface area contributed by atoms with Gasteiger partial charge in [-0.05, 0) is 26.0 Å². The summed E-state index contributed by atoms with van der Waals surface area (Å²) in [5.74, 6) is -0.714. The predicted octanol–water partition coefficient (Wildman–Crippen LogP) is 2.22. The molecular weight excluding hydrogens is 313 g/mol. The topological polar surface area (TPSA) is 72.5 Å². The van der Waals surface area contributed by atoms with E-state index < -0.39 is 21.5 Å². The van der Waals surface area contributed by atoms with Gasteiger partial charge in [-0.15, -0.1) is 0 Å². The van der Waals surface area contributed by atoms with Crippen LogP contribution in [-0.2, 0) is 19.6 Å². The fraction of sp³-hybridized carbons (Fsp3) is 0.364. The Morgan fingerprint density at radius 2 is 1.89 bits per heavy atom. The molecule has 1 N–H and O–H groups in total. The third-order valence-electron chi connectivity index (χ3n) is 2.29. The summed E-state index contributed by atoms with van der Waals surface area (Å²) in [6.45, 7) is 2.77. The molecular formula is C11H13Cl2NO4S. The molecule has 0 fully saturated rings. The fourth-order valence-electron chi connectivity index (χ4n) is 1.38. The molecule has 0 atom stereocenters. The normalized spacial score (nSPS) is 12.3. The predicted molar refractivity (Wildman–Crippen MR) is 72.9 cm³/mol. The lowest BCUT2D eigenvalue weighted by molar-refractivity contribution is -0.146. The van der Waals surface area contributed by atoms with Crippen LogP contribution in [0, 0.1) is 0 Å². The average Bonchev–Trinajstić information content (AvgIpc) is 2.29. The molecule has 1 aromatic carbocycles. The summed E-state index contributed by atoms with van der Waals surface area (Å²) in [6, 6.07) is 4.21. The number of halogens is 2. The molecule has 0 aliphatic carbocycles. The first-order valence-corrected chi connectivity index (χ1v) is 7.42. The summed E-state index contributed by atoms with van der Waals surface area (Å²) in [7, 11) is -2.82. The van der Waals surface area contributed by atoms with Crippen molar-refractivity contribution in [2.24, 2.45) is 0 Å². The molecule has 0 spiro atoms. The van der Waals surface area contributed by atoms with Gasteiger partial charge in [0.15, 0.2) is 0 Å². The lowest BCUT2D eigenvalue weighted by atomic mass is 10.1. The van der Waals surface area contributed by atoms with Crippen LogP contribution in [0.4, 0.5) is 0 Å². The van der Waals surface area contributed by atoms with E-state index in [4.69, 9.17) is 23.2 Å². The van der Waals surface area contributed by atoms with Crippen LogP contribution in [0.3, 0.4) is 0 Å². The van der Waals surface area contributed by atoms with Crippen molar-refractivity contribution in [3.05, 3.63) is 28.2 Å². The van der Waals surface area contributed by atoms with Gasteiger partial charge in [0.1, 0.15) is 10.4 Å². The highest BCUT2D eigenvalue weighted by Crippen LogP contribution is 2.29. The second-order valence-electron chi connectivity index (χ2n) is 4.27. The Balaban J connectivity index is 3.20. The Kier molecular flexibility index (Phi) is 4.84. The summed E-state index contributed by atoms with van der Waals surface area (Å²) in [4.78, 5) is 11.3. The molecule has 0 saturated heterocycles. The summed E-state index contributed by atoms with van der Waals surface area (Å²) < 4.78 is 31.1. The van der Waals surface area contributed by atoms with Gasteiger partial charge >= 0.3 is 5.97 Å². The number of esters is 1. The molecule has 0 bridgehead atoms. The van der Waals surface area contributed by atoms with E-state index in [9.17, 15) is 13.2 Å². The largest absolute Gasteiger partial charge is 0.468 e. The van der Waals surface area contributed by atoms with Gasteiger partial charge in [-0.1, -0.05) is 29.3 Å². The Morgan fingerprint density at radius 3 is 2.42 bits per heavy atom. The van der Waals surface area contributed by atoms with Crippen LogP contribution < -0.4 is 4.72 Å². The molecule has 106 valence electrons. The standard InChI is InChI=1S/C11H13Cl2NO4S/c1-11(2,10(15)18-3)14-19(16,17)8-6-4-5-7(12)9(8)13/h4-6,14H,1-3H3. The lowest BCUT2D eigenvalue weighted by Gasteiger charge is -2.23. The minimum Gasteiger partial charge on any atom is -0.468 e. The van der Waals surface area contributed by atoms with Gasteiger partial charge in [-0.2, -0.15) is 4.72 Å². The molecule has 8 heteroatoms. The Hall–Kier alpha value is -0.820. The first kappa shape index (κ1) is 16.2. The Bertz CT molecular complexity index is 599. The van der Waals surface area contributed by atoms with Crippen molar-refractivity contribution in [2.45, 2.75) is 24.3 Å². The molecule has 19 heavy (non-hydrogen) atoms. The second-order valence-corrected chi connectivity index (χ2v) is 6.71. The van der Waals surface area contributed by atoms with Crippen molar-refractivity contribution in [2.75, 3.05) is 7.11 Å². The highest BCUT2D eigenvalue weighted by atomic mass is 35.5. The molecule has 0 heterocycles. The smallest absolute Gasteiger partial charge is 0.326 e. The Morgan fingerprint density at radius 1 is 1.32 bits per heavy atom. The highest BCUT2D eigenvalue weighted by Gasteiger charge is 2.35. The van der Waals surface area contributed by atoms with Crippen LogP contribution in [0.2, 0.25) is 10.0 Å². The fourth-order valence-corrected chi connectivity index (χ4v) is 3.51. The van der Waals surface area contributed by atoms with Crippen LogP contribution in [0.1, 0.15) is 13.8 Å². The molecule has 0 aromatic heterocycles. The van der Waals surface area contributed by atoms with Crippen LogP contribution in [-0.4, -0.2) is 27.0 Å². The van der Waals surface area contributed by atoms with E-state index in [2.05, 4.69) is 9.46 Å². The van der Waals surface area contributed by atoms with Gasteiger partial charge in [-0.25, -0.2) is 8.42 Å². The maximum Gasteiger partial charge on any atom is 0.326 e. The van der Waals surface area contributed by atoms with E-state index in [0.29, 0.717) is 0 Å². The van der Waals surface area contributed by atoms with Crippen LogP contribution in [0.25, 0.3) is 0 Å². The third kappa shape index (κ3) is 3.60. The zero-order valence-corrected chi connectivity index (χ0v) is 12.9. The SMILES string of the molecule is COC(=O)C(C)(C)NS(=O)(=O)c1cccc(Cl)c1Cl.